The first-order valence-corrected chi connectivity index (χ1v) is 6.33. The number of rotatable bonds is 5. The Kier molecular flexibility index (Phi) is 5.01. The Bertz CT molecular complexity index is 577. The fraction of sp³-hybridized carbons (Fsp3) is 0.538. The number of H-pyrrole nitrogens is 1. The molecule has 0 saturated carbocycles. The molecule has 0 fully saturated rings. The van der Waals surface area contributed by atoms with E-state index < -0.39 is 23.5 Å². The number of aromatic amines is 1. The summed E-state index contributed by atoms with van der Waals surface area (Å²) in [6.07, 6.45) is 0.294. The van der Waals surface area contributed by atoms with Gasteiger partial charge in [-0.2, -0.15) is 5.10 Å². The average Bonchev–Trinajstić information content (AvgIpc) is 2.33. The summed E-state index contributed by atoms with van der Waals surface area (Å²) in [6.45, 7) is 6.98. The van der Waals surface area contributed by atoms with Gasteiger partial charge in [0.1, 0.15) is 11.6 Å². The van der Waals surface area contributed by atoms with Crippen molar-refractivity contribution in [1.82, 2.24) is 15.5 Å². The zero-order chi connectivity index (χ0) is 15.4. The lowest BCUT2D eigenvalue weighted by Gasteiger charge is -2.17. The van der Waals surface area contributed by atoms with Gasteiger partial charge in [0.2, 0.25) is 0 Å². The summed E-state index contributed by atoms with van der Waals surface area (Å²) in [4.78, 5) is 34.9. The van der Waals surface area contributed by atoms with Crippen LogP contribution in [-0.2, 0) is 4.79 Å². The van der Waals surface area contributed by atoms with E-state index in [9.17, 15) is 14.4 Å². The van der Waals surface area contributed by atoms with Crippen LogP contribution in [-0.4, -0.2) is 33.2 Å². The number of aryl methyl sites for hydroxylation is 1. The molecule has 1 aromatic heterocycles. The average molecular weight is 281 g/mol. The van der Waals surface area contributed by atoms with Gasteiger partial charge in [0.25, 0.3) is 11.5 Å². The number of carboxylic acid groups (broad SMARTS) is 1. The van der Waals surface area contributed by atoms with Crippen molar-refractivity contribution in [3.63, 3.8) is 0 Å². The SMILES string of the molecule is Cc1n[nH]c(=O)c(C(=O)N[C@H](CC(C)C)C(=O)O)c1C. The molecule has 0 aromatic carbocycles. The van der Waals surface area contributed by atoms with Gasteiger partial charge in [-0.25, -0.2) is 9.89 Å². The molecule has 3 N–H and O–H groups in total. The molecule has 0 unspecified atom stereocenters. The third-order valence-corrected chi connectivity index (χ3v) is 3.01. The zero-order valence-electron chi connectivity index (χ0n) is 12.0. The van der Waals surface area contributed by atoms with E-state index in [0.29, 0.717) is 17.7 Å². The molecule has 1 aromatic rings. The van der Waals surface area contributed by atoms with Gasteiger partial charge in [-0.1, -0.05) is 13.8 Å². The first kappa shape index (κ1) is 15.9. The molecule has 7 heteroatoms. The molecule has 0 aliphatic carbocycles. The van der Waals surface area contributed by atoms with Crippen LogP contribution in [0.5, 0.6) is 0 Å². The van der Waals surface area contributed by atoms with E-state index in [2.05, 4.69) is 15.5 Å². The van der Waals surface area contributed by atoms with Gasteiger partial charge in [0.15, 0.2) is 0 Å². The first-order valence-electron chi connectivity index (χ1n) is 6.33. The van der Waals surface area contributed by atoms with E-state index in [1.807, 2.05) is 13.8 Å². The van der Waals surface area contributed by atoms with Crippen molar-refractivity contribution in [2.45, 2.75) is 40.2 Å². The molecule has 110 valence electrons. The quantitative estimate of drug-likeness (QED) is 0.732. The molecule has 0 spiro atoms. The highest BCUT2D eigenvalue weighted by Gasteiger charge is 2.24. The maximum atomic E-state index is 12.1. The number of hydrogen-bond acceptors (Lipinski definition) is 4. The van der Waals surface area contributed by atoms with E-state index in [4.69, 9.17) is 5.11 Å². The van der Waals surface area contributed by atoms with E-state index in [1.54, 1.807) is 13.8 Å². The van der Waals surface area contributed by atoms with Gasteiger partial charge >= 0.3 is 5.97 Å². The van der Waals surface area contributed by atoms with E-state index in [1.165, 1.54) is 0 Å². The van der Waals surface area contributed by atoms with Crippen LogP contribution < -0.4 is 10.9 Å². The highest BCUT2D eigenvalue weighted by molar-refractivity contribution is 5.97. The third-order valence-electron chi connectivity index (χ3n) is 3.01. The van der Waals surface area contributed by atoms with Crippen LogP contribution in [0.15, 0.2) is 4.79 Å². The first-order chi connectivity index (χ1) is 9.23. The van der Waals surface area contributed by atoms with Gasteiger partial charge in [-0.15, -0.1) is 0 Å². The number of amides is 1. The summed E-state index contributed by atoms with van der Waals surface area (Å²) >= 11 is 0. The predicted octanol–water partition coefficient (Wildman–Crippen LogP) is 0.616. The molecule has 7 nitrogen and oxygen atoms in total. The number of carbonyl (C=O) groups is 2. The van der Waals surface area contributed by atoms with Crippen molar-refractivity contribution in [2.75, 3.05) is 0 Å². The molecule has 1 heterocycles. The van der Waals surface area contributed by atoms with Crippen LogP contribution in [0, 0.1) is 19.8 Å². The second-order valence-corrected chi connectivity index (χ2v) is 5.13. The molecule has 1 amide bonds. The number of nitrogens with one attached hydrogen (secondary N) is 2. The summed E-state index contributed by atoms with van der Waals surface area (Å²) in [5, 5.41) is 17.5. The van der Waals surface area contributed by atoms with Crippen molar-refractivity contribution < 1.29 is 14.7 Å². The summed E-state index contributed by atoms with van der Waals surface area (Å²) in [5.74, 6) is -1.70. The summed E-state index contributed by atoms with van der Waals surface area (Å²) in [5.41, 5.74) is 0.247. The molecule has 1 rings (SSSR count). The van der Waals surface area contributed by atoms with Crippen LogP contribution >= 0.6 is 0 Å². The van der Waals surface area contributed by atoms with Crippen LogP contribution in [0.3, 0.4) is 0 Å². The Hall–Kier alpha value is -2.18. The zero-order valence-corrected chi connectivity index (χ0v) is 12.0. The molecule has 0 saturated heterocycles. The minimum atomic E-state index is -1.12. The van der Waals surface area contributed by atoms with Gasteiger partial charge in [0.05, 0.1) is 5.69 Å². The lowest BCUT2D eigenvalue weighted by molar-refractivity contribution is -0.139. The minimum Gasteiger partial charge on any atom is -0.480 e. The highest BCUT2D eigenvalue weighted by atomic mass is 16.4. The standard InChI is InChI=1S/C13H19N3O4/c1-6(2)5-9(13(19)20)14-11(17)10-7(3)8(4)15-16-12(10)18/h6,9H,5H2,1-4H3,(H,14,17)(H,16,18)(H,19,20)/t9-/m1/s1. The lowest BCUT2D eigenvalue weighted by Crippen LogP contribution is -2.43. The third kappa shape index (κ3) is 3.66. The number of carboxylic acids is 1. The number of carbonyl (C=O) groups excluding carboxylic acids is 1. The second-order valence-electron chi connectivity index (χ2n) is 5.13. The Morgan fingerprint density at radius 2 is 1.95 bits per heavy atom. The van der Waals surface area contributed by atoms with Crippen molar-refractivity contribution in [3.8, 4) is 0 Å². The maximum Gasteiger partial charge on any atom is 0.326 e. The molecule has 0 bridgehead atoms. The Morgan fingerprint density at radius 1 is 1.35 bits per heavy atom. The Labute approximate surface area is 116 Å². The lowest BCUT2D eigenvalue weighted by atomic mass is 10.0. The number of hydrogen-bond donors (Lipinski definition) is 3. The number of aromatic nitrogens is 2. The van der Waals surface area contributed by atoms with Crippen LogP contribution in [0.25, 0.3) is 0 Å². The summed E-state index contributed by atoms with van der Waals surface area (Å²) < 4.78 is 0. The van der Waals surface area contributed by atoms with E-state index in [-0.39, 0.29) is 11.5 Å². The van der Waals surface area contributed by atoms with Gasteiger partial charge in [-0.3, -0.25) is 9.59 Å². The van der Waals surface area contributed by atoms with Crippen LogP contribution in [0.2, 0.25) is 0 Å². The van der Waals surface area contributed by atoms with Crippen molar-refractivity contribution in [3.05, 3.63) is 27.2 Å². The van der Waals surface area contributed by atoms with Gasteiger partial charge < -0.3 is 10.4 Å². The van der Waals surface area contributed by atoms with Crippen LogP contribution in [0.4, 0.5) is 0 Å². The van der Waals surface area contributed by atoms with Gasteiger partial charge in [0, 0.05) is 0 Å². The predicted molar refractivity (Wildman–Crippen MR) is 72.7 cm³/mol. The summed E-state index contributed by atoms with van der Waals surface area (Å²) in [7, 11) is 0. The second kappa shape index (κ2) is 6.31. The number of nitrogens with zero attached hydrogens (tertiary/aromatic N) is 1. The fourth-order valence-corrected chi connectivity index (χ4v) is 1.82. The van der Waals surface area contributed by atoms with Crippen LogP contribution in [0.1, 0.15) is 41.9 Å². The van der Waals surface area contributed by atoms with E-state index in [0.717, 1.165) is 0 Å². The molecular weight excluding hydrogens is 262 g/mol. The molecule has 0 aliphatic heterocycles. The largest absolute Gasteiger partial charge is 0.480 e. The topological polar surface area (TPSA) is 112 Å². The molecular formula is C13H19N3O4. The van der Waals surface area contributed by atoms with Crippen molar-refractivity contribution in [1.29, 1.82) is 0 Å². The van der Waals surface area contributed by atoms with E-state index >= 15 is 0 Å². The number of aliphatic carboxylic acids is 1. The molecule has 1 atom stereocenters. The van der Waals surface area contributed by atoms with Gasteiger partial charge in [-0.05, 0) is 31.7 Å². The molecule has 20 heavy (non-hydrogen) atoms. The summed E-state index contributed by atoms with van der Waals surface area (Å²) in [6, 6.07) is -1.02. The molecule has 0 radical (unpaired) electrons. The minimum absolute atomic E-state index is 0.0903. The normalized spacial score (nSPS) is 12.2. The monoisotopic (exact) mass is 281 g/mol. The Balaban J connectivity index is 3.04. The van der Waals surface area contributed by atoms with Crippen molar-refractivity contribution in [2.24, 2.45) is 5.92 Å². The highest BCUT2D eigenvalue weighted by Crippen LogP contribution is 2.08. The fourth-order valence-electron chi connectivity index (χ4n) is 1.82. The Morgan fingerprint density at radius 3 is 2.45 bits per heavy atom. The maximum absolute atomic E-state index is 12.1. The molecule has 0 aliphatic rings. The smallest absolute Gasteiger partial charge is 0.326 e. The van der Waals surface area contributed by atoms with Crippen molar-refractivity contribution >= 4 is 11.9 Å².